The van der Waals surface area contributed by atoms with Crippen LogP contribution >= 0.6 is 0 Å². The number of carbonyl (C=O) groups is 1. The number of aromatic nitrogens is 4. The summed E-state index contributed by atoms with van der Waals surface area (Å²) in [4.78, 5) is 27.3. The summed E-state index contributed by atoms with van der Waals surface area (Å²) in [5.74, 6) is 0.772. The van der Waals surface area contributed by atoms with Crippen molar-refractivity contribution < 1.29 is 9.53 Å². The van der Waals surface area contributed by atoms with Gasteiger partial charge in [-0.05, 0) is 23.8 Å². The molecule has 0 unspecified atom stereocenters. The smallest absolute Gasteiger partial charge is 0.254 e. The first kappa shape index (κ1) is 17.7. The van der Waals surface area contributed by atoms with E-state index in [1.54, 1.807) is 6.33 Å². The van der Waals surface area contributed by atoms with Crippen molar-refractivity contribution in [2.24, 2.45) is 7.05 Å². The fourth-order valence-corrected chi connectivity index (χ4v) is 3.90. The van der Waals surface area contributed by atoms with Gasteiger partial charge in [-0.1, -0.05) is 12.1 Å². The Hall–Kier alpha value is -3.39. The summed E-state index contributed by atoms with van der Waals surface area (Å²) in [7, 11) is 3.81. The van der Waals surface area contributed by atoms with Crippen molar-refractivity contribution in [3.05, 3.63) is 42.2 Å². The van der Waals surface area contributed by atoms with Gasteiger partial charge in [-0.2, -0.15) is 0 Å². The molecule has 4 aromatic rings. The first-order chi connectivity index (χ1) is 14.2. The fourth-order valence-electron chi connectivity index (χ4n) is 3.90. The van der Waals surface area contributed by atoms with E-state index in [0.717, 1.165) is 39.1 Å². The summed E-state index contributed by atoms with van der Waals surface area (Å²) in [5, 5.41) is 4.12. The maximum absolute atomic E-state index is 12.9. The number of fused-ring (bicyclic) bond motifs is 3. The number of benzene rings is 1. The van der Waals surface area contributed by atoms with Gasteiger partial charge in [-0.3, -0.25) is 4.79 Å². The van der Waals surface area contributed by atoms with Crippen LogP contribution < -0.4 is 5.32 Å². The van der Waals surface area contributed by atoms with E-state index >= 15 is 0 Å². The molecule has 4 heterocycles. The number of imidazole rings is 1. The Morgan fingerprint density at radius 1 is 1.24 bits per heavy atom. The second-order valence-electron chi connectivity index (χ2n) is 7.19. The van der Waals surface area contributed by atoms with Crippen LogP contribution in [0.3, 0.4) is 0 Å². The molecule has 1 aliphatic rings. The van der Waals surface area contributed by atoms with Crippen LogP contribution in [0, 0.1) is 0 Å². The molecule has 8 nitrogen and oxygen atoms in total. The molecule has 0 saturated carbocycles. The van der Waals surface area contributed by atoms with E-state index in [-0.39, 0.29) is 5.91 Å². The number of rotatable bonds is 3. The summed E-state index contributed by atoms with van der Waals surface area (Å²) in [6.07, 6.45) is 1.79. The molecule has 5 rings (SSSR count). The number of morpholine rings is 1. The highest BCUT2D eigenvalue weighted by Gasteiger charge is 2.20. The number of aryl methyl sites for hydroxylation is 1. The van der Waals surface area contributed by atoms with E-state index in [1.807, 2.05) is 47.8 Å². The monoisotopic (exact) mass is 390 g/mol. The topological polar surface area (TPSA) is 88.1 Å². The molecule has 0 radical (unpaired) electrons. The predicted octanol–water partition coefficient (Wildman–Crippen LogP) is 2.63. The van der Waals surface area contributed by atoms with Crippen molar-refractivity contribution in [1.29, 1.82) is 0 Å². The lowest BCUT2D eigenvalue weighted by Gasteiger charge is -2.27. The Kier molecular flexibility index (Phi) is 4.21. The standard InChI is InChI=1S/C21H22N6O2/c1-22-20-17-18(26(2)12-23-17)15-11-16(24-19(15)25-20)13-4-3-5-14(10-13)21(28)27-6-8-29-9-7-27/h3-5,10-12H,6-9H2,1-2H3,(H2,22,24,25). The zero-order valence-corrected chi connectivity index (χ0v) is 16.4. The van der Waals surface area contributed by atoms with Gasteiger partial charge >= 0.3 is 0 Å². The van der Waals surface area contributed by atoms with Crippen molar-refractivity contribution in [3.63, 3.8) is 0 Å². The maximum Gasteiger partial charge on any atom is 0.254 e. The minimum absolute atomic E-state index is 0.0379. The van der Waals surface area contributed by atoms with Gasteiger partial charge in [0.1, 0.15) is 11.2 Å². The maximum atomic E-state index is 12.9. The highest BCUT2D eigenvalue weighted by Crippen LogP contribution is 2.31. The molecule has 1 fully saturated rings. The van der Waals surface area contributed by atoms with Crippen LogP contribution in [-0.4, -0.2) is 63.7 Å². The zero-order valence-electron chi connectivity index (χ0n) is 16.4. The van der Waals surface area contributed by atoms with Crippen molar-refractivity contribution in [2.45, 2.75) is 0 Å². The molecule has 148 valence electrons. The van der Waals surface area contributed by atoms with Gasteiger partial charge in [0.05, 0.1) is 25.1 Å². The van der Waals surface area contributed by atoms with Crippen LogP contribution in [0.25, 0.3) is 33.3 Å². The number of anilines is 1. The molecule has 1 amide bonds. The highest BCUT2D eigenvalue weighted by molar-refractivity contribution is 6.07. The molecule has 0 bridgehead atoms. The van der Waals surface area contributed by atoms with E-state index < -0.39 is 0 Å². The van der Waals surface area contributed by atoms with E-state index in [1.165, 1.54) is 0 Å². The number of H-pyrrole nitrogens is 1. The molecule has 2 N–H and O–H groups in total. The molecular formula is C21H22N6O2. The SMILES string of the molecule is CNc1nc2[nH]c(-c3cccc(C(=O)N4CCOCC4)c3)cc2c2c1ncn2C. The van der Waals surface area contributed by atoms with Gasteiger partial charge in [-0.25, -0.2) is 9.97 Å². The Morgan fingerprint density at radius 2 is 2.07 bits per heavy atom. The van der Waals surface area contributed by atoms with Crippen LogP contribution in [0.15, 0.2) is 36.7 Å². The molecule has 3 aromatic heterocycles. The molecule has 0 aliphatic carbocycles. The Morgan fingerprint density at radius 3 is 2.86 bits per heavy atom. The van der Waals surface area contributed by atoms with E-state index in [0.29, 0.717) is 31.9 Å². The first-order valence-corrected chi connectivity index (χ1v) is 9.64. The quantitative estimate of drug-likeness (QED) is 0.561. The number of pyridine rings is 1. The second-order valence-corrected chi connectivity index (χ2v) is 7.19. The molecule has 1 aliphatic heterocycles. The van der Waals surface area contributed by atoms with Gasteiger partial charge in [0.25, 0.3) is 5.91 Å². The minimum Gasteiger partial charge on any atom is -0.378 e. The molecule has 1 saturated heterocycles. The predicted molar refractivity (Wildman–Crippen MR) is 112 cm³/mol. The number of amides is 1. The van der Waals surface area contributed by atoms with Crippen LogP contribution in [0.4, 0.5) is 5.82 Å². The largest absolute Gasteiger partial charge is 0.378 e. The Labute approximate surface area is 167 Å². The molecule has 0 atom stereocenters. The zero-order chi connectivity index (χ0) is 20.0. The first-order valence-electron chi connectivity index (χ1n) is 9.64. The van der Waals surface area contributed by atoms with Crippen molar-refractivity contribution in [1.82, 2.24) is 24.4 Å². The molecule has 0 spiro atoms. The van der Waals surface area contributed by atoms with Gasteiger partial charge in [0, 0.05) is 43.8 Å². The van der Waals surface area contributed by atoms with Crippen LogP contribution in [0.2, 0.25) is 0 Å². The average Bonchev–Trinajstić information content (AvgIpc) is 3.37. The van der Waals surface area contributed by atoms with Gasteiger partial charge < -0.3 is 24.5 Å². The summed E-state index contributed by atoms with van der Waals surface area (Å²) < 4.78 is 7.35. The van der Waals surface area contributed by atoms with Crippen molar-refractivity contribution >= 4 is 33.8 Å². The number of carbonyl (C=O) groups excluding carboxylic acids is 1. The third-order valence-corrected chi connectivity index (χ3v) is 5.39. The highest BCUT2D eigenvalue weighted by atomic mass is 16.5. The second kappa shape index (κ2) is 6.89. The lowest BCUT2D eigenvalue weighted by Crippen LogP contribution is -2.40. The molecular weight excluding hydrogens is 368 g/mol. The fraction of sp³-hybridized carbons (Fsp3) is 0.286. The van der Waals surface area contributed by atoms with E-state index in [9.17, 15) is 4.79 Å². The van der Waals surface area contributed by atoms with Gasteiger partial charge in [0.15, 0.2) is 5.82 Å². The lowest BCUT2D eigenvalue weighted by molar-refractivity contribution is 0.0303. The number of nitrogens with zero attached hydrogens (tertiary/aromatic N) is 4. The van der Waals surface area contributed by atoms with E-state index in [4.69, 9.17) is 4.74 Å². The third kappa shape index (κ3) is 2.92. The van der Waals surface area contributed by atoms with Gasteiger partial charge in [0.2, 0.25) is 0 Å². The van der Waals surface area contributed by atoms with Crippen molar-refractivity contribution in [2.75, 3.05) is 38.7 Å². The normalized spacial score (nSPS) is 14.6. The number of hydrogen-bond donors (Lipinski definition) is 2. The molecule has 1 aromatic carbocycles. The Balaban J connectivity index is 1.58. The summed E-state index contributed by atoms with van der Waals surface area (Å²) >= 11 is 0. The summed E-state index contributed by atoms with van der Waals surface area (Å²) in [6.45, 7) is 2.44. The number of hydrogen-bond acceptors (Lipinski definition) is 5. The lowest BCUT2D eigenvalue weighted by atomic mass is 10.1. The molecule has 8 heteroatoms. The summed E-state index contributed by atoms with van der Waals surface area (Å²) in [5.41, 5.74) is 5.18. The number of aromatic amines is 1. The van der Waals surface area contributed by atoms with Crippen LogP contribution in [-0.2, 0) is 11.8 Å². The van der Waals surface area contributed by atoms with Gasteiger partial charge in [-0.15, -0.1) is 0 Å². The average molecular weight is 390 g/mol. The van der Waals surface area contributed by atoms with Crippen LogP contribution in [0.1, 0.15) is 10.4 Å². The summed E-state index contributed by atoms with van der Waals surface area (Å²) in [6, 6.07) is 9.79. The van der Waals surface area contributed by atoms with Crippen molar-refractivity contribution in [3.8, 4) is 11.3 Å². The number of ether oxygens (including phenoxy) is 1. The third-order valence-electron chi connectivity index (χ3n) is 5.39. The number of nitrogens with one attached hydrogen (secondary N) is 2. The van der Waals surface area contributed by atoms with Crippen LogP contribution in [0.5, 0.6) is 0 Å². The minimum atomic E-state index is 0.0379. The Bertz CT molecular complexity index is 1220. The van der Waals surface area contributed by atoms with E-state index in [2.05, 4.69) is 26.3 Å². The molecule has 29 heavy (non-hydrogen) atoms.